The minimum Gasteiger partial charge on any atom is -0.508 e. The molecule has 0 spiro atoms. The second kappa shape index (κ2) is 11.4. The van der Waals surface area contributed by atoms with E-state index in [4.69, 9.17) is 16.0 Å². The van der Waals surface area contributed by atoms with Crippen LogP contribution in [0.15, 0.2) is 95.4 Å². The highest BCUT2D eigenvalue weighted by Gasteiger charge is 2.21. The van der Waals surface area contributed by atoms with E-state index < -0.39 is 17.9 Å². The fraction of sp³-hybridized carbons (Fsp3) is 0.103. The summed E-state index contributed by atoms with van der Waals surface area (Å²) in [5, 5.41) is 22.9. The molecule has 3 N–H and O–H groups in total. The number of hydrogen-bond acceptors (Lipinski definition) is 4. The van der Waals surface area contributed by atoms with Crippen LogP contribution in [0.1, 0.15) is 22.5 Å². The van der Waals surface area contributed by atoms with Gasteiger partial charge in [0.2, 0.25) is 5.91 Å². The molecule has 0 fully saturated rings. The molecule has 0 aliphatic heterocycles. The quantitative estimate of drug-likeness (QED) is 0.255. The Hall–Kier alpha value is -4.29. The Bertz CT molecular complexity index is 1380. The number of furan rings is 1. The fourth-order valence-electron chi connectivity index (χ4n) is 3.80. The summed E-state index contributed by atoms with van der Waals surface area (Å²) in [6.45, 7) is 0. The van der Waals surface area contributed by atoms with Crippen molar-refractivity contribution in [3.8, 4) is 17.1 Å². The molecule has 182 valence electrons. The first kappa shape index (κ1) is 24.8. The van der Waals surface area contributed by atoms with E-state index >= 15 is 0 Å². The third-order valence-corrected chi connectivity index (χ3v) is 5.87. The summed E-state index contributed by atoms with van der Waals surface area (Å²) in [4.78, 5) is 24.4. The van der Waals surface area contributed by atoms with Crippen molar-refractivity contribution in [2.24, 2.45) is 0 Å². The lowest BCUT2D eigenvalue weighted by molar-refractivity contribution is -0.141. The van der Waals surface area contributed by atoms with Crippen LogP contribution < -0.4 is 5.32 Å². The van der Waals surface area contributed by atoms with Gasteiger partial charge in [0, 0.05) is 23.1 Å². The Kier molecular flexibility index (Phi) is 7.88. The first-order valence-corrected chi connectivity index (χ1v) is 11.7. The Balaban J connectivity index is 1.43. The van der Waals surface area contributed by atoms with E-state index in [1.807, 2.05) is 42.5 Å². The third kappa shape index (κ3) is 6.64. The van der Waals surface area contributed by atoms with Crippen LogP contribution in [0.4, 0.5) is 0 Å². The van der Waals surface area contributed by atoms with Gasteiger partial charge in [0.1, 0.15) is 23.3 Å². The third-order valence-electron chi connectivity index (χ3n) is 5.62. The molecule has 3 aromatic carbocycles. The van der Waals surface area contributed by atoms with Crippen molar-refractivity contribution in [1.82, 2.24) is 5.32 Å². The van der Waals surface area contributed by atoms with Gasteiger partial charge in [0.25, 0.3) is 0 Å². The maximum absolute atomic E-state index is 12.5. The van der Waals surface area contributed by atoms with Crippen molar-refractivity contribution in [3.05, 3.63) is 118 Å². The van der Waals surface area contributed by atoms with Gasteiger partial charge in [-0.2, -0.15) is 0 Å². The molecule has 1 atom stereocenters. The number of halogens is 1. The Morgan fingerprint density at radius 2 is 1.69 bits per heavy atom. The van der Waals surface area contributed by atoms with Crippen molar-refractivity contribution < 1.29 is 24.2 Å². The number of aromatic hydroxyl groups is 1. The number of phenols is 1. The summed E-state index contributed by atoms with van der Waals surface area (Å²) in [6.07, 6.45) is 3.31. The van der Waals surface area contributed by atoms with E-state index in [2.05, 4.69) is 5.32 Å². The Morgan fingerprint density at radius 1 is 0.944 bits per heavy atom. The van der Waals surface area contributed by atoms with Crippen molar-refractivity contribution in [2.45, 2.75) is 18.9 Å². The first-order chi connectivity index (χ1) is 17.4. The number of rotatable bonds is 9. The van der Waals surface area contributed by atoms with Crippen molar-refractivity contribution >= 4 is 29.6 Å². The molecular formula is C29H24ClNO5. The smallest absolute Gasteiger partial charge is 0.326 e. The van der Waals surface area contributed by atoms with Gasteiger partial charge in [-0.25, -0.2) is 4.79 Å². The molecule has 0 aliphatic rings. The predicted molar refractivity (Wildman–Crippen MR) is 139 cm³/mol. The lowest BCUT2D eigenvalue weighted by atomic mass is 9.95. The molecule has 1 aromatic heterocycles. The SMILES string of the molecule is O=C(C=Cc1ccc(-c2ccc(Cl)cc2)o1)N[C@@H](Cc1ccc(O)cc1Cc1ccccc1)C(=O)O. The largest absolute Gasteiger partial charge is 0.508 e. The number of carbonyl (C=O) groups is 2. The summed E-state index contributed by atoms with van der Waals surface area (Å²) in [5.41, 5.74) is 3.39. The second-order valence-electron chi connectivity index (χ2n) is 8.26. The number of hydrogen-bond donors (Lipinski definition) is 3. The summed E-state index contributed by atoms with van der Waals surface area (Å²) in [6, 6.07) is 24.0. The molecular weight excluding hydrogens is 478 g/mol. The fourth-order valence-corrected chi connectivity index (χ4v) is 3.93. The first-order valence-electron chi connectivity index (χ1n) is 11.3. The van der Waals surface area contributed by atoms with Gasteiger partial charge >= 0.3 is 5.97 Å². The highest BCUT2D eigenvalue weighted by molar-refractivity contribution is 6.30. The van der Waals surface area contributed by atoms with Gasteiger partial charge < -0.3 is 19.9 Å². The molecule has 36 heavy (non-hydrogen) atoms. The maximum atomic E-state index is 12.5. The van der Waals surface area contributed by atoms with Crippen LogP contribution >= 0.6 is 11.6 Å². The monoisotopic (exact) mass is 501 g/mol. The summed E-state index contributed by atoms with van der Waals surface area (Å²) < 4.78 is 5.74. The predicted octanol–water partition coefficient (Wildman–Crippen LogP) is 5.72. The lowest BCUT2D eigenvalue weighted by Crippen LogP contribution is -2.41. The van der Waals surface area contributed by atoms with Gasteiger partial charge in [-0.05, 0) is 77.7 Å². The molecule has 1 amide bonds. The summed E-state index contributed by atoms with van der Waals surface area (Å²) in [7, 11) is 0. The number of benzene rings is 3. The van der Waals surface area contributed by atoms with Crippen LogP contribution in [-0.2, 0) is 22.4 Å². The van der Waals surface area contributed by atoms with Gasteiger partial charge in [0.15, 0.2) is 0 Å². The molecule has 0 unspecified atom stereocenters. The van der Waals surface area contributed by atoms with Gasteiger partial charge in [-0.3, -0.25) is 4.79 Å². The van der Waals surface area contributed by atoms with Gasteiger partial charge in [0.05, 0.1) is 0 Å². The van der Waals surface area contributed by atoms with E-state index in [-0.39, 0.29) is 12.2 Å². The average Bonchev–Trinajstić information content (AvgIpc) is 3.34. The van der Waals surface area contributed by atoms with Crippen molar-refractivity contribution in [1.29, 1.82) is 0 Å². The van der Waals surface area contributed by atoms with Crippen LogP contribution in [0.2, 0.25) is 5.02 Å². The molecule has 4 aromatic rings. The molecule has 7 heteroatoms. The number of nitrogens with one attached hydrogen (secondary N) is 1. The minimum absolute atomic E-state index is 0.0683. The average molecular weight is 502 g/mol. The van der Waals surface area contributed by atoms with Gasteiger partial charge in [-0.1, -0.05) is 48.0 Å². The molecule has 0 saturated carbocycles. The van der Waals surface area contributed by atoms with E-state index in [0.29, 0.717) is 23.0 Å². The van der Waals surface area contributed by atoms with Crippen LogP contribution in [0.5, 0.6) is 5.75 Å². The van der Waals surface area contributed by atoms with Crippen LogP contribution in [-0.4, -0.2) is 28.1 Å². The Morgan fingerprint density at radius 3 is 2.42 bits per heavy atom. The number of carboxylic acids is 1. The highest BCUT2D eigenvalue weighted by atomic mass is 35.5. The van der Waals surface area contributed by atoms with Crippen molar-refractivity contribution in [3.63, 3.8) is 0 Å². The van der Waals surface area contributed by atoms with Gasteiger partial charge in [-0.15, -0.1) is 0 Å². The molecule has 0 bridgehead atoms. The second-order valence-corrected chi connectivity index (χ2v) is 8.70. The molecule has 0 radical (unpaired) electrons. The molecule has 0 saturated heterocycles. The van der Waals surface area contributed by atoms with Crippen molar-refractivity contribution in [2.75, 3.05) is 0 Å². The lowest BCUT2D eigenvalue weighted by Gasteiger charge is -2.16. The zero-order valence-corrected chi connectivity index (χ0v) is 20.0. The maximum Gasteiger partial charge on any atom is 0.326 e. The zero-order valence-electron chi connectivity index (χ0n) is 19.2. The summed E-state index contributed by atoms with van der Waals surface area (Å²) in [5.74, 6) is -0.548. The number of carbonyl (C=O) groups excluding carboxylic acids is 1. The van der Waals surface area contributed by atoms with Crippen LogP contribution in [0.25, 0.3) is 17.4 Å². The standard InChI is InChI=1S/C29H24ClNO5/c30-23-9-6-20(7-10-23)27-14-12-25(36-27)13-15-28(33)31-26(29(34)35)18-21-8-11-24(32)17-22(21)16-19-4-2-1-3-5-19/h1-15,17,26,32H,16,18H2,(H,31,33)(H,34,35)/t26-/m0/s1. The number of carboxylic acid groups (broad SMARTS) is 1. The zero-order chi connectivity index (χ0) is 25.5. The number of amides is 1. The topological polar surface area (TPSA) is 99.8 Å². The molecule has 0 aliphatic carbocycles. The Labute approximate surface area is 213 Å². The number of aliphatic carboxylic acids is 1. The molecule has 4 rings (SSSR count). The number of phenolic OH excluding ortho intramolecular Hbond substituents is 1. The normalized spacial score (nSPS) is 11.9. The van der Waals surface area contributed by atoms with E-state index in [9.17, 15) is 19.8 Å². The minimum atomic E-state index is -1.15. The van der Waals surface area contributed by atoms with Crippen LogP contribution in [0, 0.1) is 0 Å². The summed E-state index contributed by atoms with van der Waals surface area (Å²) >= 11 is 5.92. The highest BCUT2D eigenvalue weighted by Crippen LogP contribution is 2.25. The van der Waals surface area contributed by atoms with Crippen LogP contribution in [0.3, 0.4) is 0 Å². The molecule has 6 nitrogen and oxygen atoms in total. The van der Waals surface area contributed by atoms with E-state index in [0.717, 1.165) is 22.3 Å². The molecule has 1 heterocycles. The van der Waals surface area contributed by atoms with E-state index in [1.54, 1.807) is 36.4 Å². The van der Waals surface area contributed by atoms with E-state index in [1.165, 1.54) is 18.2 Å².